The van der Waals surface area contributed by atoms with E-state index in [2.05, 4.69) is 4.90 Å². The number of likely N-dealkylation sites (tertiary alicyclic amines) is 1. The first-order chi connectivity index (χ1) is 11.0. The molecule has 3 rings (SSSR count). The summed E-state index contributed by atoms with van der Waals surface area (Å²) in [6, 6.07) is 3.70. The Bertz CT molecular complexity index is 623. The van der Waals surface area contributed by atoms with Gasteiger partial charge in [-0.1, -0.05) is 17.7 Å². The predicted octanol–water partition coefficient (Wildman–Crippen LogP) is 1.89. The van der Waals surface area contributed by atoms with E-state index in [-0.39, 0.29) is 12.5 Å². The van der Waals surface area contributed by atoms with E-state index < -0.39 is 11.4 Å². The lowest BCUT2D eigenvalue weighted by Gasteiger charge is -2.22. The van der Waals surface area contributed by atoms with Crippen LogP contribution in [0, 0.1) is 11.3 Å². The zero-order chi connectivity index (χ0) is 16.6. The fourth-order valence-corrected chi connectivity index (χ4v) is 3.85. The lowest BCUT2D eigenvalue weighted by Crippen LogP contribution is -2.38. The second-order valence-electron chi connectivity index (χ2n) is 6.12. The Hall–Kier alpha value is -1.50. The fourth-order valence-electron chi connectivity index (χ4n) is 3.56. The van der Waals surface area contributed by atoms with Gasteiger partial charge in [0, 0.05) is 25.6 Å². The Morgan fingerprint density at radius 2 is 2.26 bits per heavy atom. The van der Waals surface area contributed by atoms with E-state index >= 15 is 0 Å². The number of halogens is 1. The third-order valence-electron chi connectivity index (χ3n) is 4.83. The summed E-state index contributed by atoms with van der Waals surface area (Å²) in [5, 5.41) is 10.1. The highest BCUT2D eigenvalue weighted by atomic mass is 35.5. The third-order valence-corrected chi connectivity index (χ3v) is 5.24. The van der Waals surface area contributed by atoms with Crippen molar-refractivity contribution in [1.82, 2.24) is 4.90 Å². The average Bonchev–Trinajstić information content (AvgIpc) is 3.06. The minimum absolute atomic E-state index is 0.0268. The Morgan fingerprint density at radius 3 is 2.87 bits per heavy atom. The maximum Gasteiger partial charge on any atom is 0.313 e. The second kappa shape index (κ2) is 6.19. The van der Waals surface area contributed by atoms with Gasteiger partial charge in [0.15, 0.2) is 11.5 Å². The monoisotopic (exact) mass is 341 g/mol. The molecular weight excluding hydrogens is 322 g/mol. The molecule has 2 atom stereocenters. The summed E-state index contributed by atoms with van der Waals surface area (Å²) in [7, 11) is 3.11. The molecule has 1 N–H and O–H groups in total. The maximum atomic E-state index is 11.7. The number of hydrogen-bond acceptors (Lipinski definition) is 5. The first-order valence-electron chi connectivity index (χ1n) is 7.44. The minimum atomic E-state index is -0.789. The summed E-state index contributed by atoms with van der Waals surface area (Å²) < 4.78 is 15.9. The molecule has 2 heterocycles. The van der Waals surface area contributed by atoms with Crippen molar-refractivity contribution in [3.8, 4) is 11.5 Å². The van der Waals surface area contributed by atoms with Crippen LogP contribution in [0.4, 0.5) is 0 Å². The van der Waals surface area contributed by atoms with E-state index in [9.17, 15) is 9.90 Å². The summed E-state index contributed by atoms with van der Waals surface area (Å²) in [5.74, 6) is 0.331. The lowest BCUT2D eigenvalue weighted by molar-refractivity contribution is -0.149. The van der Waals surface area contributed by atoms with Gasteiger partial charge in [-0.3, -0.25) is 9.69 Å². The van der Waals surface area contributed by atoms with Crippen LogP contribution in [0.2, 0.25) is 5.02 Å². The first kappa shape index (κ1) is 16.4. The van der Waals surface area contributed by atoms with E-state index in [0.717, 1.165) is 5.56 Å². The number of hydrogen-bond donors (Lipinski definition) is 1. The summed E-state index contributed by atoms with van der Waals surface area (Å²) in [6.07, 6.45) is 0. The van der Waals surface area contributed by atoms with E-state index in [0.29, 0.717) is 42.8 Å². The van der Waals surface area contributed by atoms with Crippen molar-refractivity contribution in [3.05, 3.63) is 22.7 Å². The Balaban J connectivity index is 1.80. The number of carbonyl (C=O) groups is 1. The molecule has 0 spiro atoms. The minimum Gasteiger partial charge on any atom is -0.493 e. The molecule has 1 aromatic carbocycles. The van der Waals surface area contributed by atoms with Crippen molar-refractivity contribution < 1.29 is 24.1 Å². The SMILES string of the molecule is COc1ccc(CN2C[C@@H]3COC[C@]3(C(=O)O)C2)c(Cl)c1OC. The summed E-state index contributed by atoms with van der Waals surface area (Å²) in [5.41, 5.74) is 0.106. The zero-order valence-electron chi connectivity index (χ0n) is 13.2. The second-order valence-corrected chi connectivity index (χ2v) is 6.50. The van der Waals surface area contributed by atoms with Gasteiger partial charge in [-0.25, -0.2) is 0 Å². The Morgan fingerprint density at radius 1 is 1.48 bits per heavy atom. The average molecular weight is 342 g/mol. The van der Waals surface area contributed by atoms with Crippen LogP contribution >= 0.6 is 11.6 Å². The molecular formula is C16H20ClNO5. The van der Waals surface area contributed by atoms with Gasteiger partial charge in [0.1, 0.15) is 5.41 Å². The molecule has 2 aliphatic heterocycles. The van der Waals surface area contributed by atoms with E-state index in [1.54, 1.807) is 14.2 Å². The van der Waals surface area contributed by atoms with Crippen LogP contribution < -0.4 is 9.47 Å². The van der Waals surface area contributed by atoms with Crippen LogP contribution in [0.5, 0.6) is 11.5 Å². The highest BCUT2D eigenvalue weighted by Crippen LogP contribution is 2.43. The van der Waals surface area contributed by atoms with Gasteiger partial charge in [-0.15, -0.1) is 0 Å². The Labute approximate surface area is 139 Å². The Kier molecular flexibility index (Phi) is 4.40. The standard InChI is InChI=1S/C16H20ClNO5/c1-21-12-4-3-10(13(17)14(12)22-2)5-18-6-11-7-23-9-16(11,8-18)15(19)20/h3-4,11H,5-9H2,1-2H3,(H,19,20)/t11-,16-/m1/s1. The van der Waals surface area contributed by atoms with E-state index in [1.165, 1.54) is 0 Å². The third kappa shape index (κ3) is 2.65. The van der Waals surface area contributed by atoms with Crippen molar-refractivity contribution in [1.29, 1.82) is 0 Å². The molecule has 2 aliphatic rings. The van der Waals surface area contributed by atoms with Crippen LogP contribution in [-0.4, -0.2) is 56.5 Å². The molecule has 0 amide bonds. The molecule has 0 aromatic heterocycles. The smallest absolute Gasteiger partial charge is 0.313 e. The fraction of sp³-hybridized carbons (Fsp3) is 0.562. The quantitative estimate of drug-likeness (QED) is 0.882. The summed E-state index contributed by atoms with van der Waals surface area (Å²) in [6.45, 7) is 2.52. The van der Waals surface area contributed by atoms with Crippen molar-refractivity contribution in [2.75, 3.05) is 40.5 Å². The zero-order valence-corrected chi connectivity index (χ0v) is 13.9. The summed E-state index contributed by atoms with van der Waals surface area (Å²) >= 11 is 6.42. The molecule has 6 nitrogen and oxygen atoms in total. The van der Waals surface area contributed by atoms with Gasteiger partial charge in [-0.05, 0) is 11.6 Å². The van der Waals surface area contributed by atoms with Gasteiger partial charge >= 0.3 is 5.97 Å². The van der Waals surface area contributed by atoms with Crippen LogP contribution in [0.25, 0.3) is 0 Å². The molecule has 126 valence electrons. The van der Waals surface area contributed by atoms with E-state index in [4.69, 9.17) is 25.8 Å². The van der Waals surface area contributed by atoms with Crippen LogP contribution in [0.1, 0.15) is 5.56 Å². The number of fused-ring (bicyclic) bond motifs is 1. The van der Waals surface area contributed by atoms with Crippen molar-refractivity contribution in [2.45, 2.75) is 6.54 Å². The van der Waals surface area contributed by atoms with Gasteiger partial charge in [0.05, 0.1) is 32.5 Å². The van der Waals surface area contributed by atoms with Gasteiger partial charge in [0.25, 0.3) is 0 Å². The number of rotatable bonds is 5. The van der Waals surface area contributed by atoms with Crippen molar-refractivity contribution in [2.24, 2.45) is 11.3 Å². The first-order valence-corrected chi connectivity index (χ1v) is 7.82. The number of ether oxygens (including phenoxy) is 3. The number of carboxylic acids is 1. The van der Waals surface area contributed by atoms with Crippen LogP contribution in [0.3, 0.4) is 0 Å². The number of benzene rings is 1. The number of nitrogens with zero attached hydrogens (tertiary/aromatic N) is 1. The van der Waals surface area contributed by atoms with Gasteiger partial charge in [-0.2, -0.15) is 0 Å². The largest absolute Gasteiger partial charge is 0.493 e. The highest BCUT2D eigenvalue weighted by molar-refractivity contribution is 6.33. The van der Waals surface area contributed by atoms with Crippen LogP contribution in [-0.2, 0) is 16.1 Å². The topological polar surface area (TPSA) is 68.2 Å². The number of methoxy groups -OCH3 is 2. The highest BCUT2D eigenvalue weighted by Gasteiger charge is 2.56. The van der Waals surface area contributed by atoms with E-state index in [1.807, 2.05) is 12.1 Å². The molecule has 2 fully saturated rings. The predicted molar refractivity (Wildman–Crippen MR) is 84.2 cm³/mol. The van der Waals surface area contributed by atoms with Gasteiger partial charge < -0.3 is 19.3 Å². The van der Waals surface area contributed by atoms with Crippen molar-refractivity contribution in [3.63, 3.8) is 0 Å². The lowest BCUT2D eigenvalue weighted by atomic mass is 9.81. The molecule has 1 aromatic rings. The molecule has 0 unspecified atom stereocenters. The summed E-state index contributed by atoms with van der Waals surface area (Å²) in [4.78, 5) is 13.8. The molecule has 7 heteroatoms. The normalized spacial score (nSPS) is 27.0. The molecule has 0 bridgehead atoms. The molecule has 0 radical (unpaired) electrons. The molecule has 2 saturated heterocycles. The molecule has 0 aliphatic carbocycles. The van der Waals surface area contributed by atoms with Crippen molar-refractivity contribution >= 4 is 17.6 Å². The van der Waals surface area contributed by atoms with Gasteiger partial charge in [0.2, 0.25) is 0 Å². The molecule has 0 saturated carbocycles. The molecule has 23 heavy (non-hydrogen) atoms. The maximum absolute atomic E-state index is 11.7. The van der Waals surface area contributed by atoms with Crippen LogP contribution in [0.15, 0.2) is 12.1 Å². The number of aliphatic carboxylic acids is 1. The number of carboxylic acid groups (broad SMARTS) is 1.